The number of hydrogen-bond acceptors (Lipinski definition) is 4. The normalized spacial score (nSPS) is 12.7. The molecule has 0 aromatic carbocycles. The summed E-state index contributed by atoms with van der Waals surface area (Å²) in [6.45, 7) is 8.94. The van der Waals surface area contributed by atoms with Crippen molar-refractivity contribution < 1.29 is 8.42 Å². The molecule has 134 valence electrons. The highest BCUT2D eigenvalue weighted by atomic mass is 127. The van der Waals surface area contributed by atoms with Gasteiger partial charge in [-0.1, -0.05) is 0 Å². The van der Waals surface area contributed by atoms with Gasteiger partial charge in [0, 0.05) is 20.1 Å². The van der Waals surface area contributed by atoms with E-state index >= 15 is 0 Å². The van der Waals surface area contributed by atoms with E-state index in [1.165, 1.54) is 5.56 Å². The first kappa shape index (κ1) is 22.6. The van der Waals surface area contributed by atoms with Crippen LogP contribution in [-0.4, -0.2) is 49.9 Å². The quantitative estimate of drug-likeness (QED) is 0.392. The summed E-state index contributed by atoms with van der Waals surface area (Å²) in [5, 5.41) is 7.35. The first-order valence-corrected chi connectivity index (χ1v) is 9.99. The molecule has 0 atom stereocenters. The van der Waals surface area contributed by atoms with Gasteiger partial charge in [-0.3, -0.25) is 4.99 Å². The lowest BCUT2D eigenvalue weighted by Gasteiger charge is -2.22. The largest absolute Gasteiger partial charge is 0.357 e. The van der Waals surface area contributed by atoms with Crippen LogP contribution in [0.25, 0.3) is 0 Å². The molecule has 5 nitrogen and oxygen atoms in total. The monoisotopic (exact) mass is 473 g/mol. The summed E-state index contributed by atoms with van der Waals surface area (Å²) in [6, 6.07) is 2.08. The molecule has 1 aromatic heterocycles. The molecule has 1 N–H and O–H groups in total. The zero-order valence-electron chi connectivity index (χ0n) is 14.5. The molecule has 0 saturated carbocycles. The van der Waals surface area contributed by atoms with Crippen molar-refractivity contribution in [2.75, 3.05) is 25.9 Å². The molecule has 0 amide bonds. The standard InChI is InChI=1S/C15H27N3O2S2.HI/c1-6-16-14(18(5)11-13-7-9-21-12-13)17-8-10-22(19,20)15(2,3)4;/h7,9,12H,6,8,10-11H2,1-5H3,(H,16,17);1H. The third-order valence-corrected chi connectivity index (χ3v) is 6.57. The van der Waals surface area contributed by atoms with Crippen molar-refractivity contribution in [1.29, 1.82) is 0 Å². The van der Waals surface area contributed by atoms with Gasteiger partial charge in [0.1, 0.15) is 0 Å². The van der Waals surface area contributed by atoms with Crippen molar-refractivity contribution in [2.24, 2.45) is 4.99 Å². The second kappa shape index (κ2) is 9.83. The third-order valence-electron chi connectivity index (χ3n) is 3.25. The summed E-state index contributed by atoms with van der Waals surface area (Å²) in [4.78, 5) is 6.46. The van der Waals surface area contributed by atoms with Gasteiger partial charge < -0.3 is 10.2 Å². The molecule has 0 radical (unpaired) electrons. The van der Waals surface area contributed by atoms with Crippen molar-refractivity contribution >= 4 is 51.1 Å². The highest BCUT2D eigenvalue weighted by Crippen LogP contribution is 2.15. The van der Waals surface area contributed by atoms with Gasteiger partial charge in [-0.2, -0.15) is 11.3 Å². The number of thiophene rings is 1. The summed E-state index contributed by atoms with van der Waals surface area (Å²) in [7, 11) is -1.18. The van der Waals surface area contributed by atoms with E-state index in [9.17, 15) is 8.42 Å². The Morgan fingerprint density at radius 1 is 1.39 bits per heavy atom. The number of nitrogens with one attached hydrogen (secondary N) is 1. The minimum Gasteiger partial charge on any atom is -0.357 e. The topological polar surface area (TPSA) is 61.8 Å². The third kappa shape index (κ3) is 7.38. The Hall–Kier alpha value is -0.350. The van der Waals surface area contributed by atoms with E-state index in [0.29, 0.717) is 0 Å². The minimum absolute atomic E-state index is 0. The lowest BCUT2D eigenvalue weighted by Crippen LogP contribution is -2.39. The van der Waals surface area contributed by atoms with Crippen LogP contribution in [0.4, 0.5) is 0 Å². The molecule has 8 heteroatoms. The van der Waals surface area contributed by atoms with Gasteiger partial charge in [0.15, 0.2) is 15.8 Å². The van der Waals surface area contributed by atoms with Crippen LogP contribution in [0, 0.1) is 0 Å². The van der Waals surface area contributed by atoms with Gasteiger partial charge in [-0.05, 0) is 50.1 Å². The van der Waals surface area contributed by atoms with Crippen LogP contribution >= 0.6 is 35.3 Å². The molecular weight excluding hydrogens is 445 g/mol. The van der Waals surface area contributed by atoms with E-state index in [1.54, 1.807) is 32.1 Å². The van der Waals surface area contributed by atoms with Crippen LogP contribution in [-0.2, 0) is 16.4 Å². The summed E-state index contributed by atoms with van der Waals surface area (Å²) in [6.07, 6.45) is 0. The van der Waals surface area contributed by atoms with Crippen LogP contribution < -0.4 is 5.32 Å². The Morgan fingerprint density at radius 2 is 2.04 bits per heavy atom. The fourth-order valence-electron chi connectivity index (χ4n) is 1.78. The van der Waals surface area contributed by atoms with Gasteiger partial charge in [-0.25, -0.2) is 8.42 Å². The Morgan fingerprint density at radius 3 is 2.52 bits per heavy atom. The van der Waals surface area contributed by atoms with Gasteiger partial charge in [0.2, 0.25) is 0 Å². The molecule has 0 aliphatic rings. The fraction of sp³-hybridized carbons (Fsp3) is 0.667. The molecule has 0 fully saturated rings. The molecule has 1 rings (SSSR count). The number of hydrogen-bond donors (Lipinski definition) is 1. The highest BCUT2D eigenvalue weighted by molar-refractivity contribution is 14.0. The fourth-order valence-corrected chi connectivity index (χ4v) is 3.38. The minimum atomic E-state index is -3.14. The molecule has 0 spiro atoms. The van der Waals surface area contributed by atoms with E-state index in [2.05, 4.69) is 21.8 Å². The van der Waals surface area contributed by atoms with Crippen molar-refractivity contribution in [3.8, 4) is 0 Å². The molecule has 0 aliphatic carbocycles. The molecule has 0 aliphatic heterocycles. The number of sulfone groups is 1. The van der Waals surface area contributed by atoms with E-state index in [1.807, 2.05) is 24.3 Å². The van der Waals surface area contributed by atoms with Crippen molar-refractivity contribution in [3.63, 3.8) is 0 Å². The van der Waals surface area contributed by atoms with Crippen LogP contribution in [0.5, 0.6) is 0 Å². The maximum Gasteiger partial charge on any atom is 0.193 e. The average Bonchev–Trinajstić information content (AvgIpc) is 2.89. The lowest BCUT2D eigenvalue weighted by molar-refractivity contribution is 0.478. The maximum absolute atomic E-state index is 12.1. The number of nitrogens with zero attached hydrogens (tertiary/aromatic N) is 2. The van der Waals surface area contributed by atoms with Crippen LogP contribution in [0.15, 0.2) is 21.8 Å². The zero-order chi connectivity index (χ0) is 16.8. The van der Waals surface area contributed by atoms with Gasteiger partial charge in [0.05, 0.1) is 17.0 Å². The van der Waals surface area contributed by atoms with Crippen LogP contribution in [0.1, 0.15) is 33.3 Å². The number of halogens is 1. The van der Waals surface area contributed by atoms with Gasteiger partial charge >= 0.3 is 0 Å². The summed E-state index contributed by atoms with van der Waals surface area (Å²) in [5.41, 5.74) is 1.22. The van der Waals surface area contributed by atoms with E-state index in [4.69, 9.17) is 0 Å². The maximum atomic E-state index is 12.1. The van der Waals surface area contributed by atoms with Crippen molar-refractivity contribution in [1.82, 2.24) is 10.2 Å². The second-order valence-electron chi connectivity index (χ2n) is 6.15. The highest BCUT2D eigenvalue weighted by Gasteiger charge is 2.28. The molecule has 0 saturated heterocycles. The van der Waals surface area contributed by atoms with E-state index in [0.717, 1.165) is 19.0 Å². The number of aliphatic imine (C=N–C) groups is 1. The van der Waals surface area contributed by atoms with Crippen molar-refractivity contribution in [2.45, 2.75) is 39.0 Å². The summed E-state index contributed by atoms with van der Waals surface area (Å²) >= 11 is 1.66. The smallest absolute Gasteiger partial charge is 0.193 e. The Labute approximate surface area is 161 Å². The lowest BCUT2D eigenvalue weighted by atomic mass is 10.3. The number of rotatable bonds is 6. The Bertz CT molecular complexity index is 578. The van der Waals surface area contributed by atoms with Crippen LogP contribution in [0.3, 0.4) is 0 Å². The Balaban J connectivity index is 0.00000484. The average molecular weight is 473 g/mol. The SMILES string of the molecule is CCNC(=NCCS(=O)(=O)C(C)(C)C)N(C)Cc1ccsc1.I. The molecular formula is C15H28IN3O2S2. The van der Waals surface area contributed by atoms with Crippen molar-refractivity contribution in [3.05, 3.63) is 22.4 Å². The second-order valence-corrected chi connectivity index (χ2v) is 9.80. The number of guanidine groups is 1. The predicted octanol–water partition coefficient (Wildman–Crippen LogP) is 2.98. The Kier molecular flexibility index (Phi) is 9.68. The summed E-state index contributed by atoms with van der Waals surface area (Å²) in [5.74, 6) is 0.801. The molecule has 1 aromatic rings. The zero-order valence-corrected chi connectivity index (χ0v) is 18.5. The van der Waals surface area contributed by atoms with Crippen LogP contribution in [0.2, 0.25) is 0 Å². The first-order chi connectivity index (χ1) is 10.2. The predicted molar refractivity (Wildman–Crippen MR) is 111 cm³/mol. The molecule has 0 unspecified atom stereocenters. The molecule has 1 heterocycles. The summed E-state index contributed by atoms with van der Waals surface area (Å²) < 4.78 is 23.5. The van der Waals surface area contributed by atoms with E-state index in [-0.39, 0.29) is 36.3 Å². The first-order valence-electron chi connectivity index (χ1n) is 7.40. The van der Waals surface area contributed by atoms with Gasteiger partial charge in [-0.15, -0.1) is 24.0 Å². The van der Waals surface area contributed by atoms with Gasteiger partial charge in [0.25, 0.3) is 0 Å². The molecule has 23 heavy (non-hydrogen) atoms. The molecule has 0 bridgehead atoms. The van der Waals surface area contributed by atoms with E-state index < -0.39 is 14.6 Å².